The molecule has 2 atom stereocenters. The van der Waals surface area contributed by atoms with Gasteiger partial charge < -0.3 is 9.47 Å². The summed E-state index contributed by atoms with van der Waals surface area (Å²) in [5.41, 5.74) is 0. The molecule has 120 valence electrons. The summed E-state index contributed by atoms with van der Waals surface area (Å²) in [4.78, 5) is 10.5. The van der Waals surface area contributed by atoms with E-state index in [1.165, 1.54) is 0 Å². The fraction of sp³-hybridized carbons (Fsp3) is 0.857. The van der Waals surface area contributed by atoms with Crippen molar-refractivity contribution in [3.05, 3.63) is 0 Å². The molecular weight excluding hydrogens is 322 g/mol. The SMILES string of the molecule is O=C(OC(C(F)F)C(F)(F)F)OC(C(F)F)C(F)(F)F. The normalized spacial score (nSPS) is 16.2. The zero-order valence-electron chi connectivity index (χ0n) is 8.81. The van der Waals surface area contributed by atoms with Crippen molar-refractivity contribution in [2.45, 2.75) is 37.4 Å². The van der Waals surface area contributed by atoms with Crippen LogP contribution in [0.4, 0.5) is 48.7 Å². The summed E-state index contributed by atoms with van der Waals surface area (Å²) in [6.07, 6.45) is -31.4. The van der Waals surface area contributed by atoms with Crippen LogP contribution >= 0.6 is 0 Å². The van der Waals surface area contributed by atoms with Gasteiger partial charge in [0.05, 0.1) is 0 Å². The zero-order valence-corrected chi connectivity index (χ0v) is 8.81. The van der Waals surface area contributed by atoms with Gasteiger partial charge in [-0.05, 0) is 0 Å². The molecule has 0 radical (unpaired) electrons. The third-order valence-electron chi connectivity index (χ3n) is 1.55. The number of alkyl halides is 10. The van der Waals surface area contributed by atoms with Gasteiger partial charge in [0.15, 0.2) is 0 Å². The third-order valence-corrected chi connectivity index (χ3v) is 1.55. The minimum Gasteiger partial charge on any atom is -0.415 e. The second-order valence-corrected chi connectivity index (χ2v) is 3.08. The second-order valence-electron chi connectivity index (χ2n) is 3.08. The molecule has 0 aromatic heterocycles. The highest BCUT2D eigenvalue weighted by atomic mass is 19.4. The molecule has 0 spiro atoms. The summed E-state index contributed by atoms with van der Waals surface area (Å²) in [5, 5.41) is 0. The van der Waals surface area contributed by atoms with E-state index in [0.717, 1.165) is 0 Å². The maximum atomic E-state index is 11.9. The van der Waals surface area contributed by atoms with Gasteiger partial charge >= 0.3 is 18.5 Å². The Balaban J connectivity index is 4.84. The van der Waals surface area contributed by atoms with Crippen LogP contribution < -0.4 is 0 Å². The van der Waals surface area contributed by atoms with Gasteiger partial charge in [0, 0.05) is 0 Å². The van der Waals surface area contributed by atoms with Crippen LogP contribution in [0.15, 0.2) is 0 Å². The highest BCUT2D eigenvalue weighted by Gasteiger charge is 2.53. The summed E-state index contributed by atoms with van der Waals surface area (Å²) >= 11 is 0. The van der Waals surface area contributed by atoms with Gasteiger partial charge in [0.25, 0.3) is 25.1 Å². The van der Waals surface area contributed by atoms with Crippen LogP contribution in [-0.4, -0.2) is 43.6 Å². The molecule has 0 N–H and O–H groups in total. The van der Waals surface area contributed by atoms with E-state index in [0.29, 0.717) is 0 Å². The Morgan fingerprint density at radius 2 is 0.950 bits per heavy atom. The van der Waals surface area contributed by atoms with Crippen molar-refractivity contribution in [3.8, 4) is 0 Å². The van der Waals surface area contributed by atoms with E-state index in [9.17, 15) is 48.7 Å². The summed E-state index contributed by atoms with van der Waals surface area (Å²) in [6, 6.07) is 0. The standard InChI is InChI=1S/C7H4F10O3/c8-3(9)1(6(12,13)14)19-5(18)20-2(4(10)11)7(15,16)17/h1-4H. The molecule has 13 heteroatoms. The van der Waals surface area contributed by atoms with E-state index in [2.05, 4.69) is 9.47 Å². The molecule has 0 aliphatic carbocycles. The van der Waals surface area contributed by atoms with Crippen molar-refractivity contribution in [1.82, 2.24) is 0 Å². The molecule has 0 aliphatic heterocycles. The number of rotatable bonds is 4. The molecule has 0 aromatic carbocycles. The number of hydrogen-bond acceptors (Lipinski definition) is 3. The zero-order chi connectivity index (χ0) is 16.3. The van der Waals surface area contributed by atoms with E-state index in [4.69, 9.17) is 0 Å². The lowest BCUT2D eigenvalue weighted by atomic mass is 10.3. The smallest absolute Gasteiger partial charge is 0.415 e. The summed E-state index contributed by atoms with van der Waals surface area (Å²) in [5.74, 6) is 0. The van der Waals surface area contributed by atoms with Gasteiger partial charge in [-0.15, -0.1) is 0 Å². The van der Waals surface area contributed by atoms with Crippen molar-refractivity contribution in [2.24, 2.45) is 0 Å². The van der Waals surface area contributed by atoms with Gasteiger partial charge in [-0.3, -0.25) is 0 Å². The van der Waals surface area contributed by atoms with Crippen LogP contribution in [0, 0.1) is 0 Å². The van der Waals surface area contributed by atoms with E-state index >= 15 is 0 Å². The molecule has 0 aliphatic rings. The van der Waals surface area contributed by atoms with Gasteiger partial charge in [-0.25, -0.2) is 22.4 Å². The topological polar surface area (TPSA) is 35.5 Å². The lowest BCUT2D eigenvalue weighted by Gasteiger charge is -2.22. The van der Waals surface area contributed by atoms with Gasteiger partial charge in [-0.2, -0.15) is 26.3 Å². The molecule has 0 saturated carbocycles. The fourth-order valence-electron chi connectivity index (χ4n) is 0.757. The maximum Gasteiger partial charge on any atom is 0.509 e. The summed E-state index contributed by atoms with van der Waals surface area (Å²) in [7, 11) is 0. The van der Waals surface area contributed by atoms with Crippen molar-refractivity contribution >= 4 is 6.16 Å². The molecule has 0 amide bonds. The number of halogens is 10. The molecule has 0 bridgehead atoms. The Hall–Kier alpha value is -1.43. The van der Waals surface area contributed by atoms with Crippen LogP contribution in [0.5, 0.6) is 0 Å². The quantitative estimate of drug-likeness (QED) is 0.586. The Morgan fingerprint density at radius 3 is 1.10 bits per heavy atom. The minimum absolute atomic E-state index is 2.88. The van der Waals surface area contributed by atoms with Gasteiger partial charge in [0.1, 0.15) is 0 Å². The van der Waals surface area contributed by atoms with Gasteiger partial charge in [-0.1, -0.05) is 0 Å². The van der Waals surface area contributed by atoms with Crippen LogP contribution in [0.25, 0.3) is 0 Å². The first-order chi connectivity index (χ1) is 8.76. The minimum atomic E-state index is -5.81. The Bertz CT molecular complexity index is 292. The Kier molecular flexibility index (Phi) is 5.89. The van der Waals surface area contributed by atoms with Gasteiger partial charge in [0.2, 0.25) is 0 Å². The number of hydrogen-bond donors (Lipinski definition) is 0. The van der Waals surface area contributed by atoms with Crippen LogP contribution in [-0.2, 0) is 9.47 Å². The molecule has 0 rings (SSSR count). The van der Waals surface area contributed by atoms with Crippen LogP contribution in [0.3, 0.4) is 0 Å². The first kappa shape index (κ1) is 18.6. The monoisotopic (exact) mass is 326 g/mol. The molecule has 0 fully saturated rings. The van der Waals surface area contributed by atoms with E-state index < -0.39 is 43.6 Å². The highest BCUT2D eigenvalue weighted by molar-refractivity contribution is 5.60. The number of carbonyl (C=O) groups excluding carboxylic acids is 1. The van der Waals surface area contributed by atoms with E-state index in [1.807, 2.05) is 0 Å². The average Bonchev–Trinajstić information content (AvgIpc) is 2.18. The molecular formula is C7H4F10O3. The predicted molar refractivity (Wildman–Crippen MR) is 39.3 cm³/mol. The molecule has 0 heterocycles. The van der Waals surface area contributed by atoms with Crippen LogP contribution in [0.1, 0.15) is 0 Å². The number of carbonyl (C=O) groups is 1. The third kappa shape index (κ3) is 5.69. The fourth-order valence-corrected chi connectivity index (χ4v) is 0.757. The van der Waals surface area contributed by atoms with Crippen molar-refractivity contribution in [3.63, 3.8) is 0 Å². The second kappa shape index (κ2) is 6.35. The highest BCUT2D eigenvalue weighted by Crippen LogP contribution is 2.30. The molecule has 20 heavy (non-hydrogen) atoms. The average molecular weight is 326 g/mol. The molecule has 0 aromatic rings. The molecule has 2 unspecified atom stereocenters. The summed E-state index contributed by atoms with van der Waals surface area (Å²) in [6.45, 7) is 0. The lowest BCUT2D eigenvalue weighted by Crippen LogP contribution is -2.44. The maximum absolute atomic E-state index is 11.9. The van der Waals surface area contributed by atoms with Crippen LogP contribution in [0.2, 0.25) is 0 Å². The van der Waals surface area contributed by atoms with Crippen molar-refractivity contribution < 1.29 is 58.2 Å². The lowest BCUT2D eigenvalue weighted by molar-refractivity contribution is -0.262. The largest absolute Gasteiger partial charge is 0.509 e. The predicted octanol–water partition coefficient (Wildman–Crippen LogP) is 3.53. The van der Waals surface area contributed by atoms with Crippen molar-refractivity contribution in [2.75, 3.05) is 0 Å². The Labute approximate surface area is 103 Å². The first-order valence-electron chi connectivity index (χ1n) is 4.33. The summed E-state index contributed by atoms with van der Waals surface area (Å²) < 4.78 is 124. The molecule has 0 saturated heterocycles. The Morgan fingerprint density at radius 1 is 0.700 bits per heavy atom. The van der Waals surface area contributed by atoms with E-state index in [1.54, 1.807) is 0 Å². The van der Waals surface area contributed by atoms with E-state index in [-0.39, 0.29) is 0 Å². The number of ether oxygens (including phenoxy) is 2. The van der Waals surface area contributed by atoms with Crippen molar-refractivity contribution in [1.29, 1.82) is 0 Å². The molecule has 3 nitrogen and oxygen atoms in total. The first-order valence-corrected chi connectivity index (χ1v) is 4.33.